The maximum absolute atomic E-state index is 12.7. The number of alkyl halides is 1. The highest BCUT2D eigenvalue weighted by Crippen LogP contribution is 2.36. The Hall–Kier alpha value is -10.6. The van der Waals surface area contributed by atoms with Gasteiger partial charge in [0.05, 0.1) is 10.5 Å². The van der Waals surface area contributed by atoms with Gasteiger partial charge in [-0.05, 0) is 99.8 Å². The third-order valence-corrected chi connectivity index (χ3v) is 19.4. The number of esters is 1. The van der Waals surface area contributed by atoms with Gasteiger partial charge in [-0.15, -0.1) is 0 Å². The van der Waals surface area contributed by atoms with Crippen molar-refractivity contribution in [1.29, 1.82) is 0 Å². The summed E-state index contributed by atoms with van der Waals surface area (Å²) in [6.07, 6.45) is -2.08. The number of carbonyl (C=O) groups is 6. The molecule has 0 amide bonds. The average molecular weight is 1520 g/mol. The van der Waals surface area contributed by atoms with Crippen LogP contribution in [0.4, 0.5) is 10.7 Å². The minimum absolute atomic E-state index is 0. The number of benzene rings is 12. The van der Waals surface area contributed by atoms with Crippen LogP contribution in [0.1, 0.15) is 169 Å². The fourth-order valence-electron chi connectivity index (χ4n) is 12.3. The van der Waals surface area contributed by atoms with Gasteiger partial charge in [-0.1, -0.05) is 361 Å². The van der Waals surface area contributed by atoms with Crippen molar-refractivity contribution in [1.82, 2.24) is 4.98 Å². The van der Waals surface area contributed by atoms with Crippen molar-refractivity contribution in [3.63, 3.8) is 0 Å². The first-order valence-electron chi connectivity index (χ1n) is 36.2. The van der Waals surface area contributed by atoms with Crippen molar-refractivity contribution in [3.8, 4) is 11.3 Å². The van der Waals surface area contributed by atoms with Crippen LogP contribution in [0.25, 0.3) is 76.0 Å². The number of aromatic nitrogens is 1. The number of aliphatic hydroxyl groups excluding tert-OH is 2. The van der Waals surface area contributed by atoms with Crippen LogP contribution in [0, 0.1) is 29.6 Å². The molecule has 0 bridgehead atoms. The van der Waals surface area contributed by atoms with Crippen LogP contribution >= 0.6 is 15.9 Å². The lowest BCUT2D eigenvalue weighted by Crippen LogP contribution is -2.31. The van der Waals surface area contributed by atoms with Crippen molar-refractivity contribution in [2.45, 2.75) is 133 Å². The Bertz CT molecular complexity index is 5060. The summed E-state index contributed by atoms with van der Waals surface area (Å²) in [5, 5.41) is 32.5. The fraction of sp³-hybridized carbons (Fsp3) is 0.266. The number of ether oxygens (including phenoxy) is 1. The number of fused-ring (bicyclic) bond motifs is 6. The number of anilines is 1. The zero-order valence-corrected chi connectivity index (χ0v) is 64.8. The van der Waals surface area contributed by atoms with E-state index >= 15 is 0 Å². The number of carbonyl (C=O) groups excluding carboxylic acids is 6. The molecule has 12 aromatic carbocycles. The van der Waals surface area contributed by atoms with Gasteiger partial charge >= 0.3 is 5.97 Å². The molecule has 0 aliphatic carbocycles. The van der Waals surface area contributed by atoms with E-state index in [9.17, 15) is 39.0 Å². The van der Waals surface area contributed by atoms with Gasteiger partial charge in [-0.2, -0.15) is 4.98 Å². The highest BCUT2D eigenvalue weighted by Gasteiger charge is 2.29. The standard InChI is InChI=1S/C17H18O3.C16H16N2O.C15H15BrO.2C15H16O2.C15H16O.CH4.FH/c1-11(2)17(20-12(3)18)16(19)15-10-6-8-13-7-4-5-9-14(13)15;1-10(2)14-15(19-16(17)18-14)13-9-5-7-11-6-3-4-8-12(11)13;3*1-10(2)14(16)15(17)13-9-5-7-11-6-3-4-8-12(11)13;1-11(2)10-15(16)14-9-5-7-12-6-3-4-8-13(12)14;;/h4-11,17H,1-3H3;3-10H,1-2H3,(H2,17,18);3-10,14H,1-2H3;3-10,15,17H,1-2H3;3-10,14,16H,1-2H3;3-9,11H,10H2,1-2H3;1H4;1H. The largest absolute Gasteiger partial charge is 0.454 e. The van der Waals surface area contributed by atoms with E-state index < -0.39 is 24.3 Å². The quantitative estimate of drug-likeness (QED) is 0.0417. The molecule has 0 saturated heterocycles. The van der Waals surface area contributed by atoms with Crippen molar-refractivity contribution in [2.75, 3.05) is 5.73 Å². The van der Waals surface area contributed by atoms with Crippen molar-refractivity contribution < 1.29 is 52.8 Å². The molecule has 13 rings (SSSR count). The highest BCUT2D eigenvalue weighted by atomic mass is 79.9. The van der Waals surface area contributed by atoms with Crippen LogP contribution in [0.2, 0.25) is 0 Å². The van der Waals surface area contributed by atoms with Crippen molar-refractivity contribution in [2.24, 2.45) is 29.6 Å². The lowest BCUT2D eigenvalue weighted by Gasteiger charge is -2.20. The van der Waals surface area contributed by atoms with Gasteiger partial charge in [0, 0.05) is 47.1 Å². The summed E-state index contributed by atoms with van der Waals surface area (Å²) < 4.78 is 10.8. The summed E-state index contributed by atoms with van der Waals surface area (Å²) in [5.74, 6) is 0.953. The van der Waals surface area contributed by atoms with Gasteiger partial charge in [-0.25, -0.2) is 0 Å². The number of oxazole rings is 1. The lowest BCUT2D eigenvalue weighted by atomic mass is 9.94. The molecule has 4 atom stereocenters. The highest BCUT2D eigenvalue weighted by molar-refractivity contribution is 9.10. The second-order valence-corrected chi connectivity index (χ2v) is 29.3. The Morgan fingerprint density at radius 3 is 1.19 bits per heavy atom. The van der Waals surface area contributed by atoms with E-state index in [1.165, 1.54) is 12.3 Å². The Labute approximate surface area is 643 Å². The second kappa shape index (κ2) is 40.9. The smallest absolute Gasteiger partial charge is 0.303 e. The summed E-state index contributed by atoms with van der Waals surface area (Å²) in [6.45, 7) is 24.8. The zero-order valence-electron chi connectivity index (χ0n) is 63.2. The molecule has 4 unspecified atom stereocenters. The summed E-state index contributed by atoms with van der Waals surface area (Å²) in [6, 6.07) is 82.5. The van der Waals surface area contributed by atoms with E-state index in [1.807, 2.05) is 266 Å². The minimum atomic E-state index is -1.03. The SMILES string of the molecule is C.CC(=O)OC(C(=O)c1cccc2ccccc12)C(C)C.CC(C)C(=O)C(O)c1cccc2ccccc12.CC(C)C(Br)C(=O)c1cccc2ccccc12.CC(C)C(O)C(=O)c1cccc2ccccc12.CC(C)CC(=O)c1cccc2ccccc12.CC(C)c1nc(N)oc1-c1cccc2ccccc12.F. The summed E-state index contributed by atoms with van der Waals surface area (Å²) in [5.41, 5.74) is 11.2. The van der Waals surface area contributed by atoms with Crippen LogP contribution in [-0.4, -0.2) is 67.1 Å². The number of Topliss-reactive ketones (excluding diaryl/α,β-unsaturated/α-hetero) is 5. The molecule has 0 aliphatic rings. The molecule has 1 heterocycles. The van der Waals surface area contributed by atoms with E-state index in [0.717, 1.165) is 87.4 Å². The van der Waals surface area contributed by atoms with E-state index in [0.29, 0.717) is 34.9 Å². The zero-order chi connectivity index (χ0) is 76.9. The maximum Gasteiger partial charge on any atom is 0.303 e. The molecule has 562 valence electrons. The number of nitrogens with zero attached hydrogens (tertiary/aromatic N) is 1. The third-order valence-electron chi connectivity index (χ3n) is 17.9. The molecule has 14 heteroatoms. The van der Waals surface area contributed by atoms with Gasteiger partial charge < -0.3 is 25.1 Å². The van der Waals surface area contributed by atoms with E-state index in [2.05, 4.69) is 66.8 Å². The van der Waals surface area contributed by atoms with Crippen LogP contribution in [0.5, 0.6) is 0 Å². The Morgan fingerprint density at radius 2 is 0.787 bits per heavy atom. The molecule has 12 nitrogen and oxygen atoms in total. The van der Waals surface area contributed by atoms with Gasteiger partial charge in [0.2, 0.25) is 5.78 Å². The predicted molar refractivity (Wildman–Crippen MR) is 447 cm³/mol. The first kappa shape index (κ1) is 86.3. The molecule has 0 spiro atoms. The Balaban J connectivity index is 0.000000202. The number of aliphatic hydroxyl groups is 2. The molecular weight excluding hydrogens is 1420 g/mol. The molecule has 108 heavy (non-hydrogen) atoms. The second-order valence-electron chi connectivity index (χ2n) is 28.3. The van der Waals surface area contributed by atoms with Gasteiger partial charge in [0.25, 0.3) is 6.01 Å². The summed E-state index contributed by atoms with van der Waals surface area (Å²) >= 11 is 3.48. The number of halogens is 2. The maximum atomic E-state index is 12.7. The van der Waals surface area contributed by atoms with Crippen LogP contribution < -0.4 is 5.73 Å². The van der Waals surface area contributed by atoms with Crippen molar-refractivity contribution >= 4 is 121 Å². The van der Waals surface area contributed by atoms with E-state index in [4.69, 9.17) is 14.9 Å². The number of ketones is 5. The monoisotopic (exact) mass is 1520 g/mol. The molecule has 0 fully saturated rings. The predicted octanol–water partition coefficient (Wildman–Crippen LogP) is 23.2. The molecule has 1 aromatic heterocycles. The first-order valence-corrected chi connectivity index (χ1v) is 37.1. The van der Waals surface area contributed by atoms with Crippen LogP contribution in [0.15, 0.2) is 259 Å². The molecule has 0 radical (unpaired) electrons. The summed E-state index contributed by atoms with van der Waals surface area (Å²) in [7, 11) is 0. The minimum Gasteiger partial charge on any atom is -0.454 e. The normalized spacial score (nSPS) is 12.0. The molecule has 4 N–H and O–H groups in total. The first-order chi connectivity index (χ1) is 50.7. The van der Waals surface area contributed by atoms with Gasteiger partial charge in [0.15, 0.2) is 35.0 Å². The molecular formula is C94H102BrFN2O10. The topological polar surface area (TPSA) is 204 Å². The Morgan fingerprint density at radius 1 is 0.435 bits per heavy atom. The molecule has 0 saturated carbocycles. The third kappa shape index (κ3) is 22.2. The molecule has 0 aliphatic heterocycles. The van der Waals surface area contributed by atoms with Crippen LogP contribution in [-0.2, 0) is 14.3 Å². The Kier molecular flexibility index (Phi) is 32.7. The van der Waals surface area contributed by atoms with Crippen molar-refractivity contribution in [3.05, 3.63) is 288 Å². The molecule has 13 aromatic rings. The number of nitrogen functional groups attached to an aromatic ring is 1. The number of hydrogen-bond donors (Lipinski definition) is 3. The van der Waals surface area contributed by atoms with Gasteiger partial charge in [0.1, 0.15) is 12.2 Å². The van der Waals surface area contributed by atoms with Crippen LogP contribution in [0.3, 0.4) is 0 Å². The summed E-state index contributed by atoms with van der Waals surface area (Å²) in [4.78, 5) is 76.4. The lowest BCUT2D eigenvalue weighted by molar-refractivity contribution is -0.146. The fourth-order valence-corrected chi connectivity index (χ4v) is 12.6. The van der Waals surface area contributed by atoms with E-state index in [1.54, 1.807) is 26.0 Å². The average Bonchev–Trinajstić information content (AvgIpc) is 1.66. The number of hydrogen-bond acceptors (Lipinski definition) is 12. The number of nitrogens with two attached hydrogens (primary N) is 1. The number of rotatable bonds is 18. The van der Waals surface area contributed by atoms with Gasteiger partial charge in [-0.3, -0.25) is 33.5 Å². The van der Waals surface area contributed by atoms with E-state index in [-0.39, 0.29) is 75.6 Å².